The summed E-state index contributed by atoms with van der Waals surface area (Å²) in [6.07, 6.45) is 3.49. The molecule has 1 rings (SSSR count). The number of rotatable bonds is 7. The first-order valence-electron chi connectivity index (χ1n) is 6.33. The quantitative estimate of drug-likeness (QED) is 0.836. The van der Waals surface area contributed by atoms with E-state index in [0.29, 0.717) is 12.5 Å². The normalized spacial score (nSPS) is 11.9. The first-order valence-corrected chi connectivity index (χ1v) is 7.12. The summed E-state index contributed by atoms with van der Waals surface area (Å²) in [5.41, 5.74) is 0.108. The maximum absolute atomic E-state index is 5.78. The highest BCUT2D eigenvalue weighted by Gasteiger charge is 2.18. The van der Waals surface area contributed by atoms with E-state index < -0.39 is 0 Å². The number of halogens is 1. The minimum atomic E-state index is 0.108. The van der Waals surface area contributed by atoms with Crippen LogP contribution in [0.2, 0.25) is 0 Å². The predicted octanol–water partition coefficient (Wildman–Crippen LogP) is 3.49. The Bertz CT molecular complexity index is 367. The number of nitrogens with zero attached hydrogens (tertiary/aromatic N) is 1. The molecule has 0 aliphatic heterocycles. The summed E-state index contributed by atoms with van der Waals surface area (Å²) in [4.78, 5) is 4.08. The molecule has 0 amide bonds. The van der Waals surface area contributed by atoms with Gasteiger partial charge >= 0.3 is 0 Å². The Hall–Kier alpha value is -0.610. The Morgan fingerprint density at radius 2 is 2.11 bits per heavy atom. The third kappa shape index (κ3) is 6.36. The van der Waals surface area contributed by atoms with Crippen LogP contribution < -0.4 is 10.1 Å². The summed E-state index contributed by atoms with van der Waals surface area (Å²) in [5.74, 6) is 1.48. The van der Waals surface area contributed by atoms with Gasteiger partial charge in [-0.15, -0.1) is 0 Å². The number of pyridine rings is 1. The van der Waals surface area contributed by atoms with Gasteiger partial charge in [0.25, 0.3) is 0 Å². The minimum Gasteiger partial charge on any atom is -0.491 e. The van der Waals surface area contributed by atoms with Crippen LogP contribution >= 0.6 is 15.9 Å². The Morgan fingerprint density at radius 1 is 1.39 bits per heavy atom. The van der Waals surface area contributed by atoms with Crippen LogP contribution in [0.5, 0.6) is 5.75 Å². The number of ether oxygens (including phenoxy) is 1. The first-order chi connectivity index (χ1) is 8.39. The van der Waals surface area contributed by atoms with Crippen molar-refractivity contribution >= 4 is 15.9 Å². The van der Waals surface area contributed by atoms with Crippen molar-refractivity contribution in [2.45, 2.75) is 27.7 Å². The summed E-state index contributed by atoms with van der Waals surface area (Å²) in [6.45, 7) is 11.5. The molecule has 1 N–H and O–H groups in total. The number of hydrogen-bond acceptors (Lipinski definition) is 3. The van der Waals surface area contributed by atoms with Gasteiger partial charge in [-0.2, -0.15) is 0 Å². The Morgan fingerprint density at radius 3 is 2.72 bits per heavy atom. The summed E-state index contributed by atoms with van der Waals surface area (Å²) in [6, 6.07) is 1.94. The fraction of sp³-hybridized carbons (Fsp3) is 0.643. The lowest BCUT2D eigenvalue weighted by atomic mass is 9.94. The van der Waals surface area contributed by atoms with Gasteiger partial charge in [-0.3, -0.25) is 4.98 Å². The van der Waals surface area contributed by atoms with Crippen LogP contribution in [0.3, 0.4) is 0 Å². The molecule has 0 spiro atoms. The SMILES string of the molecule is CC(C)CNCC(C)(C)COc1cncc(Br)c1. The van der Waals surface area contributed by atoms with E-state index in [2.05, 4.69) is 53.9 Å². The van der Waals surface area contributed by atoms with E-state index in [1.165, 1.54) is 0 Å². The van der Waals surface area contributed by atoms with Crippen molar-refractivity contribution in [3.63, 3.8) is 0 Å². The van der Waals surface area contributed by atoms with Crippen molar-refractivity contribution < 1.29 is 4.74 Å². The standard InChI is InChI=1S/C14H23BrN2O/c1-11(2)6-17-9-14(3,4)10-18-13-5-12(15)7-16-8-13/h5,7-8,11,17H,6,9-10H2,1-4H3. The molecular weight excluding hydrogens is 292 g/mol. The molecule has 0 atom stereocenters. The molecule has 0 saturated carbocycles. The fourth-order valence-electron chi connectivity index (χ4n) is 1.50. The molecule has 1 heterocycles. The van der Waals surface area contributed by atoms with Gasteiger partial charge in [0.2, 0.25) is 0 Å². The van der Waals surface area contributed by atoms with Crippen LogP contribution in [-0.2, 0) is 0 Å². The third-order valence-electron chi connectivity index (χ3n) is 2.47. The molecule has 102 valence electrons. The third-order valence-corrected chi connectivity index (χ3v) is 2.90. The van der Waals surface area contributed by atoms with E-state index in [0.717, 1.165) is 23.3 Å². The average molecular weight is 315 g/mol. The fourth-order valence-corrected chi connectivity index (χ4v) is 1.84. The largest absolute Gasteiger partial charge is 0.491 e. The van der Waals surface area contributed by atoms with E-state index in [1.807, 2.05) is 6.07 Å². The summed E-state index contributed by atoms with van der Waals surface area (Å²) in [5, 5.41) is 3.47. The highest BCUT2D eigenvalue weighted by molar-refractivity contribution is 9.10. The summed E-state index contributed by atoms with van der Waals surface area (Å²) < 4.78 is 6.72. The molecular formula is C14H23BrN2O. The summed E-state index contributed by atoms with van der Waals surface area (Å²) >= 11 is 3.39. The zero-order chi connectivity index (χ0) is 13.6. The lowest BCUT2D eigenvalue weighted by Gasteiger charge is -2.25. The van der Waals surface area contributed by atoms with Crippen LogP contribution in [0.4, 0.5) is 0 Å². The van der Waals surface area contributed by atoms with Gasteiger partial charge in [0.1, 0.15) is 5.75 Å². The topological polar surface area (TPSA) is 34.1 Å². The first kappa shape index (κ1) is 15.4. The van der Waals surface area contributed by atoms with Crippen molar-refractivity contribution in [2.75, 3.05) is 19.7 Å². The molecule has 0 radical (unpaired) electrons. The lowest BCUT2D eigenvalue weighted by Crippen LogP contribution is -2.35. The Balaban J connectivity index is 2.36. The minimum absolute atomic E-state index is 0.108. The molecule has 0 unspecified atom stereocenters. The van der Waals surface area contributed by atoms with Gasteiger partial charge in [0.05, 0.1) is 12.8 Å². The number of hydrogen-bond donors (Lipinski definition) is 1. The molecule has 4 heteroatoms. The second kappa shape index (κ2) is 7.10. The van der Waals surface area contributed by atoms with Crippen molar-refractivity contribution in [1.29, 1.82) is 0 Å². The van der Waals surface area contributed by atoms with E-state index in [1.54, 1.807) is 12.4 Å². The number of aromatic nitrogens is 1. The summed E-state index contributed by atoms with van der Waals surface area (Å²) in [7, 11) is 0. The second-order valence-corrected chi connectivity index (χ2v) is 6.73. The van der Waals surface area contributed by atoms with Crippen LogP contribution in [0, 0.1) is 11.3 Å². The maximum atomic E-state index is 5.78. The Labute approximate surface area is 118 Å². The zero-order valence-electron chi connectivity index (χ0n) is 11.7. The van der Waals surface area contributed by atoms with Crippen molar-refractivity contribution in [1.82, 2.24) is 10.3 Å². The molecule has 3 nitrogen and oxygen atoms in total. The van der Waals surface area contributed by atoms with Gasteiger partial charge in [-0.1, -0.05) is 27.7 Å². The van der Waals surface area contributed by atoms with E-state index >= 15 is 0 Å². The monoisotopic (exact) mass is 314 g/mol. The second-order valence-electron chi connectivity index (χ2n) is 5.82. The lowest BCUT2D eigenvalue weighted by molar-refractivity contribution is 0.174. The highest BCUT2D eigenvalue weighted by atomic mass is 79.9. The maximum Gasteiger partial charge on any atom is 0.138 e. The van der Waals surface area contributed by atoms with Gasteiger partial charge in [0.15, 0.2) is 0 Å². The molecule has 0 aliphatic rings. The van der Waals surface area contributed by atoms with E-state index in [4.69, 9.17) is 4.74 Å². The average Bonchev–Trinajstić information content (AvgIpc) is 2.26. The van der Waals surface area contributed by atoms with Crippen LogP contribution in [0.25, 0.3) is 0 Å². The predicted molar refractivity (Wildman–Crippen MR) is 78.9 cm³/mol. The van der Waals surface area contributed by atoms with Gasteiger partial charge < -0.3 is 10.1 Å². The zero-order valence-corrected chi connectivity index (χ0v) is 13.3. The van der Waals surface area contributed by atoms with Crippen LogP contribution in [-0.4, -0.2) is 24.7 Å². The molecule has 0 saturated heterocycles. The van der Waals surface area contributed by atoms with E-state index in [-0.39, 0.29) is 5.41 Å². The van der Waals surface area contributed by atoms with E-state index in [9.17, 15) is 0 Å². The molecule has 0 bridgehead atoms. The number of nitrogens with one attached hydrogen (secondary N) is 1. The molecule has 0 aromatic carbocycles. The molecule has 0 fully saturated rings. The van der Waals surface area contributed by atoms with Crippen molar-refractivity contribution in [2.24, 2.45) is 11.3 Å². The van der Waals surface area contributed by atoms with Gasteiger partial charge in [-0.05, 0) is 34.5 Å². The molecule has 1 aromatic heterocycles. The Kier molecular flexibility index (Phi) is 6.09. The molecule has 0 aliphatic carbocycles. The highest BCUT2D eigenvalue weighted by Crippen LogP contribution is 2.20. The van der Waals surface area contributed by atoms with Crippen molar-refractivity contribution in [3.05, 3.63) is 22.9 Å². The molecule has 18 heavy (non-hydrogen) atoms. The van der Waals surface area contributed by atoms with Gasteiger partial charge in [0, 0.05) is 22.6 Å². The van der Waals surface area contributed by atoms with Crippen LogP contribution in [0.1, 0.15) is 27.7 Å². The van der Waals surface area contributed by atoms with Gasteiger partial charge in [-0.25, -0.2) is 0 Å². The smallest absolute Gasteiger partial charge is 0.138 e. The molecule has 1 aromatic rings. The van der Waals surface area contributed by atoms with Crippen molar-refractivity contribution in [3.8, 4) is 5.75 Å². The van der Waals surface area contributed by atoms with Crippen LogP contribution in [0.15, 0.2) is 22.9 Å².